The molecule has 0 radical (unpaired) electrons. The predicted molar refractivity (Wildman–Crippen MR) is 74.2 cm³/mol. The second kappa shape index (κ2) is 6.71. The minimum atomic E-state index is -3.70. The molecule has 0 unspecified atom stereocenters. The van der Waals surface area contributed by atoms with Crippen LogP contribution in [0.25, 0.3) is 0 Å². The number of carboxylic acid groups (broad SMARTS) is 1. The van der Waals surface area contributed by atoms with Crippen molar-refractivity contribution < 1.29 is 23.1 Å². The molecule has 1 amide bonds. The predicted octanol–water partition coefficient (Wildman–Crippen LogP) is 0.844. The second-order valence-electron chi connectivity index (χ2n) is 4.28. The first kappa shape index (κ1) is 16.5. The van der Waals surface area contributed by atoms with Gasteiger partial charge in [0.2, 0.25) is 5.91 Å². The largest absolute Gasteiger partial charge is 0.480 e. The summed E-state index contributed by atoms with van der Waals surface area (Å²) in [4.78, 5) is 21.8. The van der Waals surface area contributed by atoms with Crippen molar-refractivity contribution in [2.45, 2.75) is 18.7 Å². The highest BCUT2D eigenvalue weighted by atomic mass is 35.5. The van der Waals surface area contributed by atoms with Crippen LogP contribution in [0, 0.1) is 0 Å². The van der Waals surface area contributed by atoms with Gasteiger partial charge in [0.05, 0.1) is 11.5 Å². The number of sulfone groups is 1. The normalized spacial score (nSPS) is 12.7. The van der Waals surface area contributed by atoms with Crippen LogP contribution in [0.3, 0.4) is 0 Å². The summed E-state index contributed by atoms with van der Waals surface area (Å²) >= 11 is 5.75. The summed E-state index contributed by atoms with van der Waals surface area (Å²) in [7, 11) is -3.70. The molecule has 0 fully saturated rings. The lowest BCUT2D eigenvalue weighted by molar-refractivity contribution is -0.140. The van der Waals surface area contributed by atoms with E-state index in [0.717, 1.165) is 6.92 Å². The van der Waals surface area contributed by atoms with Crippen LogP contribution < -0.4 is 5.32 Å². The number of hydrogen-bond donors (Lipinski definition) is 2. The third-order valence-electron chi connectivity index (χ3n) is 2.37. The van der Waals surface area contributed by atoms with Crippen LogP contribution in [-0.2, 0) is 25.2 Å². The molecule has 2 N–H and O–H groups in total. The number of carboxylic acids is 1. The summed E-state index contributed by atoms with van der Waals surface area (Å²) in [6, 6.07) is 4.83. The van der Waals surface area contributed by atoms with Gasteiger partial charge in [-0.2, -0.15) is 0 Å². The summed E-state index contributed by atoms with van der Waals surface area (Å²) in [6.07, 6.45) is 0. The number of benzene rings is 1. The smallest absolute Gasteiger partial charge is 0.327 e. The number of carbonyl (C=O) groups excluding carboxylic acids is 1. The maximum absolute atomic E-state index is 11.9. The van der Waals surface area contributed by atoms with E-state index in [2.05, 4.69) is 5.32 Å². The van der Waals surface area contributed by atoms with Crippen molar-refractivity contribution in [3.8, 4) is 0 Å². The third-order valence-corrected chi connectivity index (χ3v) is 4.22. The summed E-state index contributed by atoms with van der Waals surface area (Å²) in [5.74, 6) is -3.00. The molecule has 0 spiro atoms. The molecule has 1 aromatic rings. The maximum Gasteiger partial charge on any atom is 0.327 e. The molecule has 8 heteroatoms. The Morgan fingerprint density at radius 3 is 2.55 bits per heavy atom. The fraction of sp³-hybridized carbons (Fsp3) is 0.333. The standard InChI is InChI=1S/C12H14ClNO5S/c1-8(15)14-11(12(16)17)7-20(18,19)6-9-3-2-4-10(13)5-9/h2-5,11H,6-7H2,1H3,(H,14,15)(H,16,17)/t11-/m0/s1. The Morgan fingerprint density at radius 1 is 1.40 bits per heavy atom. The number of rotatable bonds is 6. The van der Waals surface area contributed by atoms with E-state index in [9.17, 15) is 18.0 Å². The number of nitrogens with one attached hydrogen (secondary N) is 1. The van der Waals surface area contributed by atoms with Crippen LogP contribution in [0.5, 0.6) is 0 Å². The van der Waals surface area contributed by atoms with Gasteiger partial charge in [-0.25, -0.2) is 13.2 Å². The Morgan fingerprint density at radius 2 is 2.05 bits per heavy atom. The Hall–Kier alpha value is -1.60. The summed E-state index contributed by atoms with van der Waals surface area (Å²) in [5, 5.41) is 11.4. The lowest BCUT2D eigenvalue weighted by Gasteiger charge is -2.13. The highest BCUT2D eigenvalue weighted by Crippen LogP contribution is 2.14. The fourth-order valence-corrected chi connectivity index (χ4v) is 3.37. The van der Waals surface area contributed by atoms with Crippen molar-refractivity contribution in [1.82, 2.24) is 5.32 Å². The molecule has 0 heterocycles. The highest BCUT2D eigenvalue weighted by Gasteiger charge is 2.26. The fourth-order valence-electron chi connectivity index (χ4n) is 1.61. The van der Waals surface area contributed by atoms with E-state index in [1.54, 1.807) is 18.2 Å². The lowest BCUT2D eigenvalue weighted by Crippen LogP contribution is -2.44. The average Bonchev–Trinajstić information content (AvgIpc) is 2.26. The van der Waals surface area contributed by atoms with Gasteiger partial charge in [-0.1, -0.05) is 23.7 Å². The number of halogens is 1. The van der Waals surface area contributed by atoms with E-state index < -0.39 is 33.5 Å². The number of amides is 1. The Kier molecular flexibility index (Phi) is 5.52. The van der Waals surface area contributed by atoms with Gasteiger partial charge in [0, 0.05) is 11.9 Å². The number of aliphatic carboxylic acids is 1. The molecule has 1 atom stereocenters. The van der Waals surface area contributed by atoms with Gasteiger partial charge >= 0.3 is 5.97 Å². The van der Waals surface area contributed by atoms with Gasteiger partial charge in [-0.05, 0) is 17.7 Å². The van der Waals surface area contributed by atoms with Crippen molar-refractivity contribution in [3.05, 3.63) is 34.9 Å². The number of carbonyl (C=O) groups is 2. The first-order valence-electron chi connectivity index (χ1n) is 5.64. The zero-order valence-corrected chi connectivity index (χ0v) is 12.2. The zero-order valence-electron chi connectivity index (χ0n) is 10.7. The van der Waals surface area contributed by atoms with Crippen LogP contribution in [0.4, 0.5) is 0 Å². The molecule has 20 heavy (non-hydrogen) atoms. The Bertz CT molecular complexity index is 614. The van der Waals surface area contributed by atoms with E-state index in [1.807, 2.05) is 0 Å². The van der Waals surface area contributed by atoms with E-state index >= 15 is 0 Å². The molecule has 0 bridgehead atoms. The molecule has 0 saturated heterocycles. The minimum Gasteiger partial charge on any atom is -0.480 e. The van der Waals surface area contributed by atoms with Gasteiger partial charge in [-0.15, -0.1) is 0 Å². The number of hydrogen-bond acceptors (Lipinski definition) is 4. The molecule has 0 aliphatic heterocycles. The zero-order chi connectivity index (χ0) is 15.3. The Labute approximate surface area is 121 Å². The molecule has 0 aromatic heterocycles. The molecule has 0 aliphatic carbocycles. The third kappa shape index (κ3) is 5.58. The Balaban J connectivity index is 2.82. The van der Waals surface area contributed by atoms with Crippen LogP contribution >= 0.6 is 11.6 Å². The summed E-state index contributed by atoms with van der Waals surface area (Å²) in [6.45, 7) is 1.12. The average molecular weight is 320 g/mol. The summed E-state index contributed by atoms with van der Waals surface area (Å²) < 4.78 is 23.9. The molecular weight excluding hydrogens is 306 g/mol. The van der Waals surface area contributed by atoms with Crippen LogP contribution in [0.15, 0.2) is 24.3 Å². The molecule has 0 saturated carbocycles. The molecule has 110 valence electrons. The van der Waals surface area contributed by atoms with Crippen molar-refractivity contribution in [1.29, 1.82) is 0 Å². The SMILES string of the molecule is CC(=O)N[C@@H](CS(=O)(=O)Cc1cccc(Cl)c1)C(=O)O. The van der Waals surface area contributed by atoms with E-state index in [0.29, 0.717) is 10.6 Å². The molecular formula is C12H14ClNO5S. The highest BCUT2D eigenvalue weighted by molar-refractivity contribution is 7.90. The maximum atomic E-state index is 11.9. The van der Waals surface area contributed by atoms with Gasteiger partial charge < -0.3 is 10.4 Å². The van der Waals surface area contributed by atoms with Crippen LogP contribution in [-0.4, -0.2) is 37.2 Å². The molecule has 1 aromatic carbocycles. The second-order valence-corrected chi connectivity index (χ2v) is 6.82. The van der Waals surface area contributed by atoms with Crippen LogP contribution in [0.1, 0.15) is 12.5 Å². The first-order chi connectivity index (χ1) is 9.19. The molecule has 6 nitrogen and oxygen atoms in total. The quantitative estimate of drug-likeness (QED) is 0.809. The van der Waals surface area contributed by atoms with Crippen molar-refractivity contribution in [2.75, 3.05) is 5.75 Å². The van der Waals surface area contributed by atoms with Crippen molar-refractivity contribution >= 4 is 33.3 Å². The van der Waals surface area contributed by atoms with Gasteiger partial charge in [0.15, 0.2) is 9.84 Å². The van der Waals surface area contributed by atoms with E-state index in [-0.39, 0.29) is 5.75 Å². The lowest BCUT2D eigenvalue weighted by atomic mass is 10.2. The van der Waals surface area contributed by atoms with Gasteiger partial charge in [0.25, 0.3) is 0 Å². The first-order valence-corrected chi connectivity index (χ1v) is 7.84. The van der Waals surface area contributed by atoms with Crippen molar-refractivity contribution in [3.63, 3.8) is 0 Å². The van der Waals surface area contributed by atoms with E-state index in [4.69, 9.17) is 16.7 Å². The minimum absolute atomic E-state index is 0.336. The van der Waals surface area contributed by atoms with Gasteiger partial charge in [0.1, 0.15) is 6.04 Å². The molecule has 0 aliphatic rings. The van der Waals surface area contributed by atoms with E-state index in [1.165, 1.54) is 6.07 Å². The topological polar surface area (TPSA) is 101 Å². The van der Waals surface area contributed by atoms with Crippen LogP contribution in [0.2, 0.25) is 5.02 Å². The van der Waals surface area contributed by atoms with Crippen molar-refractivity contribution in [2.24, 2.45) is 0 Å². The summed E-state index contributed by atoms with van der Waals surface area (Å²) in [5.41, 5.74) is 0.462. The molecule has 1 rings (SSSR count). The van der Waals surface area contributed by atoms with Gasteiger partial charge in [-0.3, -0.25) is 4.79 Å². The monoisotopic (exact) mass is 319 g/mol.